The van der Waals surface area contributed by atoms with Crippen LogP contribution in [0, 0.1) is 6.92 Å². The highest BCUT2D eigenvalue weighted by Gasteiger charge is 2.13. The fourth-order valence-corrected chi connectivity index (χ4v) is 1.78. The lowest BCUT2D eigenvalue weighted by molar-refractivity contribution is 0.102. The molecule has 0 aliphatic carbocycles. The highest BCUT2D eigenvalue weighted by atomic mass is 79.9. The van der Waals surface area contributed by atoms with Gasteiger partial charge in [0, 0.05) is 5.69 Å². The van der Waals surface area contributed by atoms with E-state index in [9.17, 15) is 4.79 Å². The summed E-state index contributed by atoms with van der Waals surface area (Å²) in [4.78, 5) is 11.8. The van der Waals surface area contributed by atoms with E-state index in [1.807, 2.05) is 31.2 Å². The topological polar surface area (TPSA) is 42.2 Å². The van der Waals surface area contributed by atoms with Gasteiger partial charge in [-0.1, -0.05) is 18.2 Å². The Morgan fingerprint density at radius 2 is 2.06 bits per heavy atom. The van der Waals surface area contributed by atoms with E-state index in [0.29, 0.717) is 10.2 Å². The smallest absolute Gasteiger partial charge is 0.260 e. The average Bonchev–Trinajstić information content (AvgIpc) is 2.68. The zero-order valence-corrected chi connectivity index (χ0v) is 10.2. The lowest BCUT2D eigenvalue weighted by Gasteiger charge is -2.06. The first-order valence-electron chi connectivity index (χ1n) is 4.78. The van der Waals surface area contributed by atoms with Crippen molar-refractivity contribution >= 4 is 27.5 Å². The van der Waals surface area contributed by atoms with Crippen molar-refractivity contribution in [1.82, 2.24) is 0 Å². The molecule has 1 N–H and O–H groups in total. The van der Waals surface area contributed by atoms with E-state index >= 15 is 0 Å². The van der Waals surface area contributed by atoms with Gasteiger partial charge in [-0.2, -0.15) is 0 Å². The third kappa shape index (κ3) is 2.17. The second-order valence-electron chi connectivity index (χ2n) is 3.38. The van der Waals surface area contributed by atoms with Gasteiger partial charge < -0.3 is 9.73 Å². The van der Waals surface area contributed by atoms with Gasteiger partial charge in [0.2, 0.25) is 0 Å². The van der Waals surface area contributed by atoms with Crippen LogP contribution < -0.4 is 5.32 Å². The number of para-hydroxylation sites is 1. The van der Waals surface area contributed by atoms with Crippen LogP contribution in [0.4, 0.5) is 5.69 Å². The first kappa shape index (κ1) is 11.0. The standard InChI is InChI=1S/C12H10BrNO2/c1-8-4-2-3-5-10(8)14-12(15)9-6-7-16-11(9)13/h2-7H,1H3,(H,14,15). The first-order valence-corrected chi connectivity index (χ1v) is 5.58. The summed E-state index contributed by atoms with van der Waals surface area (Å²) in [6.07, 6.45) is 1.47. The highest BCUT2D eigenvalue weighted by molar-refractivity contribution is 9.10. The van der Waals surface area contributed by atoms with Crippen LogP contribution in [0.2, 0.25) is 0 Å². The molecule has 82 valence electrons. The Kier molecular flexibility index (Phi) is 3.10. The number of aryl methyl sites for hydroxylation is 1. The van der Waals surface area contributed by atoms with E-state index in [1.54, 1.807) is 6.07 Å². The van der Waals surface area contributed by atoms with E-state index in [4.69, 9.17) is 4.42 Å². The number of carbonyl (C=O) groups is 1. The Labute approximate surface area is 102 Å². The summed E-state index contributed by atoms with van der Waals surface area (Å²) in [5.41, 5.74) is 2.32. The van der Waals surface area contributed by atoms with Crippen molar-refractivity contribution in [3.8, 4) is 0 Å². The van der Waals surface area contributed by atoms with E-state index in [0.717, 1.165) is 11.3 Å². The van der Waals surface area contributed by atoms with E-state index in [-0.39, 0.29) is 5.91 Å². The molecule has 3 nitrogen and oxygen atoms in total. The number of hydrogen-bond donors (Lipinski definition) is 1. The summed E-state index contributed by atoms with van der Waals surface area (Å²) in [6.45, 7) is 1.94. The molecular weight excluding hydrogens is 270 g/mol. The van der Waals surface area contributed by atoms with Crippen molar-refractivity contribution in [1.29, 1.82) is 0 Å². The molecule has 1 aromatic heterocycles. The number of rotatable bonds is 2. The largest absolute Gasteiger partial charge is 0.457 e. The zero-order chi connectivity index (χ0) is 11.5. The molecule has 16 heavy (non-hydrogen) atoms. The van der Waals surface area contributed by atoms with Gasteiger partial charge in [0.25, 0.3) is 5.91 Å². The molecule has 0 aliphatic rings. The number of anilines is 1. The van der Waals surface area contributed by atoms with Crippen LogP contribution >= 0.6 is 15.9 Å². The van der Waals surface area contributed by atoms with Gasteiger partial charge >= 0.3 is 0 Å². The summed E-state index contributed by atoms with van der Waals surface area (Å²) in [5.74, 6) is -0.185. The predicted octanol–water partition coefficient (Wildman–Crippen LogP) is 3.60. The fourth-order valence-electron chi connectivity index (χ4n) is 1.36. The van der Waals surface area contributed by atoms with Gasteiger partial charge in [0.1, 0.15) is 0 Å². The van der Waals surface area contributed by atoms with Gasteiger partial charge in [-0.25, -0.2) is 0 Å². The first-order chi connectivity index (χ1) is 7.68. The molecule has 1 aromatic carbocycles. The normalized spacial score (nSPS) is 10.1. The van der Waals surface area contributed by atoms with Crippen LogP contribution in [-0.4, -0.2) is 5.91 Å². The molecule has 1 heterocycles. The lowest BCUT2D eigenvalue weighted by Crippen LogP contribution is -2.12. The number of furan rings is 1. The molecule has 0 radical (unpaired) electrons. The van der Waals surface area contributed by atoms with Crippen molar-refractivity contribution in [3.05, 3.63) is 52.4 Å². The quantitative estimate of drug-likeness (QED) is 0.913. The average molecular weight is 280 g/mol. The SMILES string of the molecule is Cc1ccccc1NC(=O)c1ccoc1Br. The number of carbonyl (C=O) groups excluding carboxylic acids is 1. The van der Waals surface area contributed by atoms with Crippen molar-refractivity contribution in [3.63, 3.8) is 0 Å². The minimum Gasteiger partial charge on any atom is -0.457 e. The molecule has 2 rings (SSSR count). The predicted molar refractivity (Wildman–Crippen MR) is 65.5 cm³/mol. The molecule has 0 saturated heterocycles. The Balaban J connectivity index is 2.21. The number of nitrogens with one attached hydrogen (secondary N) is 1. The number of hydrogen-bond acceptors (Lipinski definition) is 2. The van der Waals surface area contributed by atoms with Crippen molar-refractivity contribution in [2.24, 2.45) is 0 Å². The Morgan fingerprint density at radius 1 is 1.31 bits per heavy atom. The maximum absolute atomic E-state index is 11.8. The van der Waals surface area contributed by atoms with E-state index < -0.39 is 0 Å². The summed E-state index contributed by atoms with van der Waals surface area (Å²) in [5, 5.41) is 2.82. The molecule has 1 amide bonds. The van der Waals surface area contributed by atoms with E-state index in [2.05, 4.69) is 21.2 Å². The van der Waals surface area contributed by atoms with Gasteiger partial charge in [-0.15, -0.1) is 0 Å². The Bertz CT molecular complexity index is 519. The third-order valence-electron chi connectivity index (χ3n) is 2.26. The molecule has 0 bridgehead atoms. The summed E-state index contributed by atoms with van der Waals surface area (Å²) in [6, 6.07) is 9.24. The second-order valence-corrected chi connectivity index (χ2v) is 4.10. The summed E-state index contributed by atoms with van der Waals surface area (Å²) in [7, 11) is 0. The molecule has 0 aliphatic heterocycles. The van der Waals surface area contributed by atoms with Crippen LogP contribution in [0.15, 0.2) is 45.7 Å². The molecule has 4 heteroatoms. The minimum absolute atomic E-state index is 0.185. The van der Waals surface area contributed by atoms with Crippen LogP contribution in [-0.2, 0) is 0 Å². The number of amides is 1. The summed E-state index contributed by atoms with van der Waals surface area (Å²) < 4.78 is 5.45. The fraction of sp³-hybridized carbons (Fsp3) is 0.0833. The summed E-state index contributed by atoms with van der Waals surface area (Å²) >= 11 is 3.17. The molecule has 0 atom stereocenters. The molecule has 0 unspecified atom stereocenters. The lowest BCUT2D eigenvalue weighted by atomic mass is 10.2. The third-order valence-corrected chi connectivity index (χ3v) is 2.87. The monoisotopic (exact) mass is 279 g/mol. The second kappa shape index (κ2) is 4.53. The molecule has 0 spiro atoms. The minimum atomic E-state index is -0.185. The van der Waals surface area contributed by atoms with Crippen LogP contribution in [0.5, 0.6) is 0 Å². The van der Waals surface area contributed by atoms with Gasteiger partial charge in [-0.05, 0) is 40.5 Å². The van der Waals surface area contributed by atoms with Crippen LogP contribution in [0.3, 0.4) is 0 Å². The molecular formula is C12H10BrNO2. The van der Waals surface area contributed by atoms with Crippen LogP contribution in [0.1, 0.15) is 15.9 Å². The molecule has 2 aromatic rings. The Morgan fingerprint density at radius 3 is 2.69 bits per heavy atom. The van der Waals surface area contributed by atoms with Crippen molar-refractivity contribution in [2.45, 2.75) is 6.92 Å². The zero-order valence-electron chi connectivity index (χ0n) is 8.66. The van der Waals surface area contributed by atoms with Crippen molar-refractivity contribution < 1.29 is 9.21 Å². The van der Waals surface area contributed by atoms with Gasteiger partial charge in [0.05, 0.1) is 11.8 Å². The molecule has 0 saturated carbocycles. The van der Waals surface area contributed by atoms with Gasteiger partial charge in [-0.3, -0.25) is 4.79 Å². The van der Waals surface area contributed by atoms with Crippen molar-refractivity contribution in [2.75, 3.05) is 5.32 Å². The number of halogens is 1. The Hall–Kier alpha value is -1.55. The van der Waals surface area contributed by atoms with E-state index in [1.165, 1.54) is 6.26 Å². The molecule has 0 fully saturated rings. The van der Waals surface area contributed by atoms with Crippen LogP contribution in [0.25, 0.3) is 0 Å². The number of benzene rings is 1. The maximum Gasteiger partial charge on any atom is 0.260 e. The maximum atomic E-state index is 11.8. The highest BCUT2D eigenvalue weighted by Crippen LogP contribution is 2.20. The van der Waals surface area contributed by atoms with Gasteiger partial charge in [0.15, 0.2) is 4.67 Å².